The van der Waals surface area contributed by atoms with Gasteiger partial charge in [0.15, 0.2) is 0 Å². The fourth-order valence-electron chi connectivity index (χ4n) is 1.13. The topological polar surface area (TPSA) is 60.5 Å². The highest BCUT2D eigenvalue weighted by Gasteiger charge is 2.13. The quantitative estimate of drug-likeness (QED) is 0.767. The van der Waals surface area contributed by atoms with Gasteiger partial charge in [0.1, 0.15) is 17.6 Å². The van der Waals surface area contributed by atoms with E-state index >= 15 is 0 Å². The van der Waals surface area contributed by atoms with Gasteiger partial charge in [0.05, 0.1) is 19.9 Å². The first-order valence-corrected chi connectivity index (χ1v) is 5.10. The molecule has 0 amide bonds. The van der Waals surface area contributed by atoms with E-state index in [0.717, 1.165) is 0 Å². The number of hydrogen-bond acceptors (Lipinski definition) is 5. The third kappa shape index (κ3) is 3.42. The van der Waals surface area contributed by atoms with Gasteiger partial charge in [-0.1, -0.05) is 0 Å². The molecule has 0 aromatic carbocycles. The summed E-state index contributed by atoms with van der Waals surface area (Å²) < 4.78 is 9.85. The number of anilines is 1. The van der Waals surface area contributed by atoms with Crippen molar-refractivity contribution in [2.24, 2.45) is 0 Å². The van der Waals surface area contributed by atoms with E-state index in [4.69, 9.17) is 9.47 Å². The summed E-state index contributed by atoms with van der Waals surface area (Å²) in [5.41, 5.74) is 0. The molecule has 5 nitrogen and oxygen atoms in total. The van der Waals surface area contributed by atoms with Crippen LogP contribution in [0.5, 0.6) is 5.75 Å². The van der Waals surface area contributed by atoms with E-state index in [1.165, 1.54) is 0 Å². The van der Waals surface area contributed by atoms with Gasteiger partial charge in [-0.2, -0.15) is 0 Å². The first kappa shape index (κ1) is 12.3. The van der Waals surface area contributed by atoms with Crippen molar-refractivity contribution in [2.45, 2.75) is 19.9 Å². The molecule has 0 aliphatic carbocycles. The molecule has 5 heteroatoms. The number of aromatic nitrogens is 1. The van der Waals surface area contributed by atoms with Gasteiger partial charge in [0, 0.05) is 0 Å². The second-order valence-corrected chi connectivity index (χ2v) is 3.20. The van der Waals surface area contributed by atoms with E-state index in [1.807, 2.05) is 0 Å². The van der Waals surface area contributed by atoms with Crippen molar-refractivity contribution in [3.63, 3.8) is 0 Å². The Labute approximate surface area is 94.8 Å². The van der Waals surface area contributed by atoms with E-state index in [1.54, 1.807) is 39.3 Å². The molecule has 0 aliphatic heterocycles. The Bertz CT molecular complexity index is 338. The minimum Gasteiger partial charge on any atom is -0.495 e. The van der Waals surface area contributed by atoms with E-state index in [-0.39, 0.29) is 5.97 Å². The van der Waals surface area contributed by atoms with Crippen LogP contribution in [0.1, 0.15) is 13.8 Å². The van der Waals surface area contributed by atoms with Crippen molar-refractivity contribution in [2.75, 3.05) is 19.0 Å². The zero-order valence-electron chi connectivity index (χ0n) is 9.69. The highest BCUT2D eigenvalue weighted by Crippen LogP contribution is 2.12. The molecule has 0 radical (unpaired) electrons. The minimum atomic E-state index is -0.416. The SMILES string of the molecule is CCOC(=O)C(C)Nc1ccc(OC)cn1. The summed E-state index contributed by atoms with van der Waals surface area (Å²) in [6.07, 6.45) is 1.58. The van der Waals surface area contributed by atoms with Crippen LogP contribution < -0.4 is 10.1 Å². The average Bonchev–Trinajstić information content (AvgIpc) is 2.30. The summed E-state index contributed by atoms with van der Waals surface area (Å²) in [4.78, 5) is 15.4. The van der Waals surface area contributed by atoms with Crippen LogP contribution in [0, 0.1) is 0 Å². The third-order valence-corrected chi connectivity index (χ3v) is 1.98. The standard InChI is InChI=1S/C11H16N2O3/c1-4-16-11(14)8(2)13-10-6-5-9(15-3)7-12-10/h5-8H,4H2,1-3H3,(H,12,13). The van der Waals surface area contributed by atoms with Crippen molar-refractivity contribution < 1.29 is 14.3 Å². The molecule has 1 heterocycles. The molecular formula is C11H16N2O3. The third-order valence-electron chi connectivity index (χ3n) is 1.98. The predicted octanol–water partition coefficient (Wildman–Crippen LogP) is 1.45. The normalized spacial score (nSPS) is 11.7. The van der Waals surface area contributed by atoms with Gasteiger partial charge < -0.3 is 14.8 Å². The van der Waals surface area contributed by atoms with Crippen molar-refractivity contribution in [3.8, 4) is 5.75 Å². The van der Waals surface area contributed by atoms with Crippen molar-refractivity contribution in [3.05, 3.63) is 18.3 Å². The molecule has 1 atom stereocenters. The lowest BCUT2D eigenvalue weighted by molar-refractivity contribution is -0.143. The molecule has 88 valence electrons. The molecule has 0 aliphatic rings. The van der Waals surface area contributed by atoms with Crippen LogP contribution in [0.2, 0.25) is 0 Å². The second kappa shape index (κ2) is 5.95. The van der Waals surface area contributed by atoms with Crippen LogP contribution in [0.4, 0.5) is 5.82 Å². The maximum atomic E-state index is 11.3. The Balaban J connectivity index is 2.55. The maximum Gasteiger partial charge on any atom is 0.328 e. The molecule has 1 aromatic heterocycles. The van der Waals surface area contributed by atoms with Crippen LogP contribution in [0.15, 0.2) is 18.3 Å². The van der Waals surface area contributed by atoms with Gasteiger partial charge in [0.2, 0.25) is 0 Å². The number of hydrogen-bond donors (Lipinski definition) is 1. The smallest absolute Gasteiger partial charge is 0.328 e. The van der Waals surface area contributed by atoms with Gasteiger partial charge in [-0.25, -0.2) is 9.78 Å². The number of nitrogens with one attached hydrogen (secondary N) is 1. The number of esters is 1. The minimum absolute atomic E-state index is 0.292. The highest BCUT2D eigenvalue weighted by atomic mass is 16.5. The Morgan fingerprint density at radius 2 is 2.31 bits per heavy atom. The molecule has 1 unspecified atom stereocenters. The fraction of sp³-hybridized carbons (Fsp3) is 0.455. The van der Waals surface area contributed by atoms with Crippen molar-refractivity contribution in [1.29, 1.82) is 0 Å². The number of methoxy groups -OCH3 is 1. The predicted molar refractivity (Wildman–Crippen MR) is 60.5 cm³/mol. The largest absolute Gasteiger partial charge is 0.495 e. The Morgan fingerprint density at radius 1 is 1.56 bits per heavy atom. The second-order valence-electron chi connectivity index (χ2n) is 3.20. The molecule has 1 rings (SSSR count). The van der Waals surface area contributed by atoms with Gasteiger partial charge in [-0.05, 0) is 26.0 Å². The first-order chi connectivity index (χ1) is 7.67. The van der Waals surface area contributed by atoms with Gasteiger partial charge in [-0.3, -0.25) is 0 Å². The molecule has 0 bridgehead atoms. The number of rotatable bonds is 5. The van der Waals surface area contributed by atoms with E-state index < -0.39 is 6.04 Å². The zero-order valence-corrected chi connectivity index (χ0v) is 9.69. The molecular weight excluding hydrogens is 208 g/mol. The number of ether oxygens (including phenoxy) is 2. The number of pyridine rings is 1. The lowest BCUT2D eigenvalue weighted by Crippen LogP contribution is -2.28. The molecule has 1 N–H and O–H groups in total. The van der Waals surface area contributed by atoms with Crippen LogP contribution in [0.25, 0.3) is 0 Å². The summed E-state index contributed by atoms with van der Waals surface area (Å²) in [6, 6.07) is 3.10. The molecule has 1 aromatic rings. The maximum absolute atomic E-state index is 11.3. The first-order valence-electron chi connectivity index (χ1n) is 5.10. The summed E-state index contributed by atoms with van der Waals surface area (Å²) in [5, 5.41) is 2.94. The summed E-state index contributed by atoms with van der Waals surface area (Å²) in [7, 11) is 1.57. The highest BCUT2D eigenvalue weighted by molar-refractivity contribution is 5.78. The average molecular weight is 224 g/mol. The van der Waals surface area contributed by atoms with Crippen LogP contribution >= 0.6 is 0 Å². The summed E-state index contributed by atoms with van der Waals surface area (Å²) in [5.74, 6) is 0.996. The molecule has 0 spiro atoms. The van der Waals surface area contributed by atoms with E-state index in [0.29, 0.717) is 18.2 Å². The van der Waals surface area contributed by atoms with E-state index in [9.17, 15) is 4.79 Å². The lowest BCUT2D eigenvalue weighted by atomic mass is 10.3. The summed E-state index contributed by atoms with van der Waals surface area (Å²) in [6.45, 7) is 3.88. The molecule has 16 heavy (non-hydrogen) atoms. The van der Waals surface area contributed by atoms with E-state index in [2.05, 4.69) is 10.3 Å². The number of carbonyl (C=O) groups excluding carboxylic acids is 1. The molecule has 0 saturated heterocycles. The van der Waals surface area contributed by atoms with Crippen molar-refractivity contribution >= 4 is 11.8 Å². The summed E-state index contributed by atoms with van der Waals surface area (Å²) >= 11 is 0. The van der Waals surface area contributed by atoms with Gasteiger partial charge in [0.25, 0.3) is 0 Å². The number of nitrogens with zero attached hydrogens (tertiary/aromatic N) is 1. The Morgan fingerprint density at radius 3 is 2.81 bits per heavy atom. The van der Waals surface area contributed by atoms with Crippen LogP contribution in [-0.4, -0.2) is 30.7 Å². The Hall–Kier alpha value is -1.78. The van der Waals surface area contributed by atoms with Gasteiger partial charge >= 0.3 is 5.97 Å². The molecule has 0 saturated carbocycles. The van der Waals surface area contributed by atoms with Crippen molar-refractivity contribution in [1.82, 2.24) is 4.98 Å². The van der Waals surface area contributed by atoms with Gasteiger partial charge in [-0.15, -0.1) is 0 Å². The Kier molecular flexibility index (Phi) is 4.57. The fourth-order valence-corrected chi connectivity index (χ4v) is 1.13. The van der Waals surface area contributed by atoms with Crippen LogP contribution in [0.3, 0.4) is 0 Å². The molecule has 0 fully saturated rings. The monoisotopic (exact) mass is 224 g/mol. The van der Waals surface area contributed by atoms with Crippen LogP contribution in [-0.2, 0) is 9.53 Å². The zero-order chi connectivity index (χ0) is 12.0. The number of carbonyl (C=O) groups is 1. The lowest BCUT2D eigenvalue weighted by Gasteiger charge is -2.13.